The van der Waals surface area contributed by atoms with Crippen LogP contribution in [-0.2, 0) is 6.54 Å². The van der Waals surface area contributed by atoms with Crippen molar-refractivity contribution >= 4 is 21.9 Å². The standard InChI is InChI=1S/C11H10N4/c1-2-15-11-8-5-3-4-6-9(8)12-7-10(11)13-14-15/h3-7H,2H2,1H3. The Kier molecular flexibility index (Phi) is 1.68. The molecule has 0 aliphatic carbocycles. The Hall–Kier alpha value is -1.97. The smallest absolute Gasteiger partial charge is 0.132 e. The largest absolute Gasteiger partial charge is 0.254 e. The van der Waals surface area contributed by atoms with Crippen LogP contribution in [-0.4, -0.2) is 20.0 Å². The number of rotatable bonds is 1. The van der Waals surface area contributed by atoms with Gasteiger partial charge in [0.05, 0.1) is 17.2 Å². The molecule has 0 bridgehead atoms. The molecule has 0 spiro atoms. The molecule has 2 heterocycles. The van der Waals surface area contributed by atoms with E-state index in [0.29, 0.717) is 0 Å². The summed E-state index contributed by atoms with van der Waals surface area (Å²) in [6.45, 7) is 2.88. The average molecular weight is 198 g/mol. The molecule has 3 aromatic rings. The first-order chi connectivity index (χ1) is 7.40. The molecule has 0 radical (unpaired) electrons. The molecule has 0 N–H and O–H groups in total. The van der Waals surface area contributed by atoms with Crippen LogP contribution in [0.15, 0.2) is 30.5 Å². The van der Waals surface area contributed by atoms with Crippen LogP contribution in [0.5, 0.6) is 0 Å². The maximum atomic E-state index is 4.34. The molecule has 15 heavy (non-hydrogen) atoms. The molecule has 0 aliphatic heterocycles. The second-order valence-electron chi connectivity index (χ2n) is 3.41. The van der Waals surface area contributed by atoms with Crippen molar-refractivity contribution in [2.45, 2.75) is 13.5 Å². The van der Waals surface area contributed by atoms with Crippen LogP contribution in [0.25, 0.3) is 21.9 Å². The van der Waals surface area contributed by atoms with E-state index in [9.17, 15) is 0 Å². The Morgan fingerprint density at radius 3 is 2.93 bits per heavy atom. The van der Waals surface area contributed by atoms with Gasteiger partial charge in [-0.15, -0.1) is 5.10 Å². The summed E-state index contributed by atoms with van der Waals surface area (Å²) in [4.78, 5) is 4.34. The van der Waals surface area contributed by atoms with Crippen molar-refractivity contribution < 1.29 is 0 Å². The van der Waals surface area contributed by atoms with E-state index < -0.39 is 0 Å². The predicted octanol–water partition coefficient (Wildman–Crippen LogP) is 2.00. The Morgan fingerprint density at radius 2 is 2.07 bits per heavy atom. The van der Waals surface area contributed by atoms with Crippen molar-refractivity contribution in [3.05, 3.63) is 30.5 Å². The predicted molar refractivity (Wildman–Crippen MR) is 58.5 cm³/mol. The van der Waals surface area contributed by atoms with Gasteiger partial charge in [0.2, 0.25) is 0 Å². The van der Waals surface area contributed by atoms with Gasteiger partial charge in [0, 0.05) is 11.9 Å². The molecule has 1 aromatic carbocycles. The minimum atomic E-state index is 0.824. The maximum Gasteiger partial charge on any atom is 0.132 e. The fourth-order valence-corrected chi connectivity index (χ4v) is 1.83. The first-order valence-electron chi connectivity index (χ1n) is 4.97. The lowest BCUT2D eigenvalue weighted by Crippen LogP contribution is -1.96. The van der Waals surface area contributed by atoms with Crippen LogP contribution in [0.4, 0.5) is 0 Å². The van der Waals surface area contributed by atoms with Gasteiger partial charge in [-0.2, -0.15) is 0 Å². The number of aryl methyl sites for hydroxylation is 1. The van der Waals surface area contributed by atoms with Gasteiger partial charge < -0.3 is 0 Å². The number of fused-ring (bicyclic) bond motifs is 3. The lowest BCUT2D eigenvalue weighted by atomic mass is 10.2. The third-order valence-corrected chi connectivity index (χ3v) is 2.55. The van der Waals surface area contributed by atoms with E-state index in [4.69, 9.17) is 0 Å². The summed E-state index contributed by atoms with van der Waals surface area (Å²) < 4.78 is 1.90. The SMILES string of the molecule is CCn1nnc2cnc3ccccc3c21. The number of pyridine rings is 1. The van der Waals surface area contributed by atoms with Crippen LogP contribution in [0, 0.1) is 0 Å². The summed E-state index contributed by atoms with van der Waals surface area (Å²) in [7, 11) is 0. The summed E-state index contributed by atoms with van der Waals surface area (Å²) >= 11 is 0. The molecule has 4 nitrogen and oxygen atoms in total. The topological polar surface area (TPSA) is 43.6 Å². The number of aromatic nitrogens is 4. The number of para-hydroxylation sites is 1. The van der Waals surface area contributed by atoms with Crippen molar-refractivity contribution in [1.29, 1.82) is 0 Å². The van der Waals surface area contributed by atoms with Crippen molar-refractivity contribution in [3.63, 3.8) is 0 Å². The van der Waals surface area contributed by atoms with Crippen LogP contribution < -0.4 is 0 Å². The highest BCUT2D eigenvalue weighted by Gasteiger charge is 2.07. The molecule has 0 saturated heterocycles. The quantitative estimate of drug-likeness (QED) is 0.600. The lowest BCUT2D eigenvalue weighted by Gasteiger charge is -2.00. The van der Waals surface area contributed by atoms with Crippen LogP contribution in [0.3, 0.4) is 0 Å². The molecule has 0 saturated carbocycles. The van der Waals surface area contributed by atoms with Gasteiger partial charge >= 0.3 is 0 Å². The van der Waals surface area contributed by atoms with Gasteiger partial charge in [-0.1, -0.05) is 23.4 Å². The maximum absolute atomic E-state index is 4.34. The number of nitrogens with zero attached hydrogens (tertiary/aromatic N) is 4. The Labute approximate surface area is 86.5 Å². The zero-order valence-electron chi connectivity index (χ0n) is 8.38. The molecular formula is C11H10N4. The van der Waals surface area contributed by atoms with Gasteiger partial charge in [0.25, 0.3) is 0 Å². The number of hydrogen-bond donors (Lipinski definition) is 0. The zero-order valence-corrected chi connectivity index (χ0v) is 8.38. The van der Waals surface area contributed by atoms with Crippen molar-refractivity contribution in [2.75, 3.05) is 0 Å². The Morgan fingerprint density at radius 1 is 1.20 bits per heavy atom. The molecular weight excluding hydrogens is 188 g/mol. The molecule has 4 heteroatoms. The highest BCUT2D eigenvalue weighted by Crippen LogP contribution is 2.21. The monoisotopic (exact) mass is 198 g/mol. The fourth-order valence-electron chi connectivity index (χ4n) is 1.83. The van der Waals surface area contributed by atoms with Crippen LogP contribution in [0.1, 0.15) is 6.92 Å². The van der Waals surface area contributed by atoms with E-state index in [-0.39, 0.29) is 0 Å². The van der Waals surface area contributed by atoms with Crippen LogP contribution in [0.2, 0.25) is 0 Å². The van der Waals surface area contributed by atoms with E-state index in [1.54, 1.807) is 6.20 Å². The minimum absolute atomic E-state index is 0.824. The third-order valence-electron chi connectivity index (χ3n) is 2.55. The Balaban J connectivity index is 2.56. The summed E-state index contributed by atoms with van der Waals surface area (Å²) in [6.07, 6.45) is 1.77. The molecule has 0 aliphatic rings. The average Bonchev–Trinajstić information content (AvgIpc) is 2.72. The van der Waals surface area contributed by atoms with E-state index >= 15 is 0 Å². The number of benzene rings is 1. The van der Waals surface area contributed by atoms with E-state index in [1.807, 2.05) is 22.9 Å². The second-order valence-corrected chi connectivity index (χ2v) is 3.41. The molecule has 3 rings (SSSR count). The molecule has 0 unspecified atom stereocenters. The first kappa shape index (κ1) is 8.35. The first-order valence-corrected chi connectivity index (χ1v) is 4.97. The molecule has 0 atom stereocenters. The van der Waals surface area contributed by atoms with E-state index in [1.165, 1.54) is 0 Å². The third kappa shape index (κ3) is 1.11. The molecule has 0 amide bonds. The lowest BCUT2D eigenvalue weighted by molar-refractivity contribution is 0.647. The highest BCUT2D eigenvalue weighted by molar-refractivity contribution is 6.01. The van der Waals surface area contributed by atoms with Crippen molar-refractivity contribution in [1.82, 2.24) is 20.0 Å². The van der Waals surface area contributed by atoms with E-state index in [2.05, 4.69) is 28.3 Å². The summed E-state index contributed by atoms with van der Waals surface area (Å²) in [6, 6.07) is 8.06. The van der Waals surface area contributed by atoms with Crippen LogP contribution >= 0.6 is 0 Å². The second kappa shape index (κ2) is 3.02. The fraction of sp³-hybridized carbons (Fsp3) is 0.182. The Bertz CT molecular complexity index is 627. The summed E-state index contributed by atoms with van der Waals surface area (Å²) in [5, 5.41) is 9.29. The van der Waals surface area contributed by atoms with Gasteiger partial charge in [-0.3, -0.25) is 4.98 Å². The minimum Gasteiger partial charge on any atom is -0.254 e. The zero-order chi connectivity index (χ0) is 10.3. The molecule has 0 fully saturated rings. The molecule has 2 aromatic heterocycles. The summed E-state index contributed by atoms with van der Waals surface area (Å²) in [5.74, 6) is 0. The highest BCUT2D eigenvalue weighted by atomic mass is 15.4. The van der Waals surface area contributed by atoms with Gasteiger partial charge in [-0.25, -0.2) is 4.68 Å². The summed E-state index contributed by atoms with van der Waals surface area (Å²) in [5.41, 5.74) is 2.92. The van der Waals surface area contributed by atoms with Gasteiger partial charge in [-0.05, 0) is 13.0 Å². The van der Waals surface area contributed by atoms with Gasteiger partial charge in [0.1, 0.15) is 5.52 Å². The number of hydrogen-bond acceptors (Lipinski definition) is 3. The van der Waals surface area contributed by atoms with Crippen molar-refractivity contribution in [2.24, 2.45) is 0 Å². The van der Waals surface area contributed by atoms with E-state index in [0.717, 1.165) is 28.5 Å². The molecule has 74 valence electrons. The van der Waals surface area contributed by atoms with Crippen molar-refractivity contribution in [3.8, 4) is 0 Å². The normalized spacial score (nSPS) is 11.3. The van der Waals surface area contributed by atoms with Gasteiger partial charge in [0.15, 0.2) is 0 Å².